The van der Waals surface area contributed by atoms with Crippen molar-refractivity contribution in [3.8, 4) is 0 Å². The molecule has 16 nitrogen and oxygen atoms in total. The number of rotatable bonds is 9. The van der Waals surface area contributed by atoms with E-state index in [0.717, 1.165) is 42.7 Å². The van der Waals surface area contributed by atoms with E-state index < -0.39 is 118 Å². The van der Waals surface area contributed by atoms with Gasteiger partial charge in [0.15, 0.2) is 11.2 Å². The number of fused-ring (bicyclic) bond motifs is 24. The van der Waals surface area contributed by atoms with Crippen LogP contribution in [0.15, 0.2) is 84.9 Å². The van der Waals surface area contributed by atoms with Crippen LogP contribution in [-0.2, 0) is 43.0 Å². The molecule has 4 aromatic carbocycles. The minimum Gasteiger partial charge on any atom is -0.467 e. The maximum absolute atomic E-state index is 14.7. The Labute approximate surface area is 393 Å². The monoisotopic (exact) mass is 927 g/mol. The molecule has 6 heterocycles. The molecule has 1 aromatic heterocycles. The van der Waals surface area contributed by atoms with Crippen LogP contribution in [0.25, 0.3) is 32.6 Å². The van der Waals surface area contributed by atoms with E-state index in [2.05, 4.69) is 5.32 Å². The fourth-order valence-electron chi connectivity index (χ4n) is 16.6. The lowest BCUT2D eigenvalue weighted by molar-refractivity contribution is -0.188. The van der Waals surface area contributed by atoms with Crippen molar-refractivity contribution in [2.45, 2.75) is 24.0 Å². The largest absolute Gasteiger partial charge is 0.467 e. The average Bonchev–Trinajstić information content (AvgIpc) is 4.26. The number of imide groups is 3. The van der Waals surface area contributed by atoms with E-state index in [0.29, 0.717) is 29.4 Å². The molecule has 14 atom stereocenters. The summed E-state index contributed by atoms with van der Waals surface area (Å²) in [6.07, 6.45) is 0.799. The van der Waals surface area contributed by atoms with Crippen molar-refractivity contribution in [3.05, 3.63) is 96.1 Å². The summed E-state index contributed by atoms with van der Waals surface area (Å²) < 4.78 is 18.3. The number of esters is 2. The number of nitrogens with zero attached hydrogens (tertiary/aromatic N) is 4. The zero-order valence-corrected chi connectivity index (χ0v) is 37.5. The molecule has 6 bridgehead atoms. The number of likely N-dealkylation sites (tertiary alicyclic amines) is 2. The first-order chi connectivity index (χ1) is 33.5. The summed E-state index contributed by atoms with van der Waals surface area (Å²) in [4.78, 5) is 124. The Morgan fingerprint density at radius 3 is 1.45 bits per heavy atom. The predicted octanol–water partition coefficient (Wildman–Crippen LogP) is 4.08. The SMILES string of the molecule is COC(=O)[C@]12O[C@](C(=O)OC)([C@@H]3[C@@H]4C[C@@H]([C@@H]5C(=O)N(CCN6C(=O)c7cccc8cccc(c78)C6=O)C(=O)[C@H]45)[C@@H]31)[C@H]1[C@H]3C[C@H]([C@H]4C(=O)N(CCNc5c6ccccc6nc6ccccc56)C(=O)[C@@H]34)[C@H]12. The lowest BCUT2D eigenvalue weighted by Gasteiger charge is -2.51. The number of ether oxygens (including phenoxy) is 3. The van der Waals surface area contributed by atoms with Crippen LogP contribution in [0.4, 0.5) is 5.69 Å². The molecule has 69 heavy (non-hydrogen) atoms. The fourth-order valence-corrected chi connectivity index (χ4v) is 16.6. The summed E-state index contributed by atoms with van der Waals surface area (Å²) in [7, 11) is 2.52. The minimum atomic E-state index is -1.76. The van der Waals surface area contributed by atoms with Gasteiger partial charge in [0.2, 0.25) is 23.6 Å². The third-order valence-corrected chi connectivity index (χ3v) is 18.5. The van der Waals surface area contributed by atoms with Crippen molar-refractivity contribution in [3.63, 3.8) is 0 Å². The summed E-state index contributed by atoms with van der Waals surface area (Å²) in [5.41, 5.74) is -0.326. The number of amides is 6. The van der Waals surface area contributed by atoms with Gasteiger partial charge in [0.05, 0.1) is 54.6 Å². The molecular formula is C53H45N5O11. The zero-order valence-electron chi connectivity index (χ0n) is 37.5. The number of aromatic nitrogens is 1. The van der Waals surface area contributed by atoms with Gasteiger partial charge in [0.1, 0.15) is 0 Å². The van der Waals surface area contributed by atoms with Crippen LogP contribution in [0, 0.1) is 71.0 Å². The Kier molecular flexibility index (Phi) is 8.19. The molecule has 0 unspecified atom stereocenters. The summed E-state index contributed by atoms with van der Waals surface area (Å²) in [6, 6.07) is 26.0. The number of carbonyl (C=O) groups is 8. The van der Waals surface area contributed by atoms with Crippen LogP contribution >= 0.6 is 0 Å². The van der Waals surface area contributed by atoms with Gasteiger partial charge in [-0.15, -0.1) is 0 Å². The highest BCUT2D eigenvalue weighted by atomic mass is 16.6. The molecule has 5 aliphatic heterocycles. The van der Waals surface area contributed by atoms with E-state index in [-0.39, 0.29) is 38.0 Å². The molecule has 1 N–H and O–H groups in total. The van der Waals surface area contributed by atoms with E-state index in [4.69, 9.17) is 19.2 Å². The van der Waals surface area contributed by atoms with E-state index in [1.54, 1.807) is 24.3 Å². The molecule has 8 fully saturated rings. The molecule has 4 saturated heterocycles. The maximum atomic E-state index is 14.7. The first-order valence-corrected chi connectivity index (χ1v) is 23.9. The Morgan fingerprint density at radius 2 is 1.00 bits per heavy atom. The highest BCUT2D eigenvalue weighted by Gasteiger charge is 2.93. The third kappa shape index (κ3) is 4.71. The fraction of sp³-hybridized carbons (Fsp3) is 0.415. The number of methoxy groups -OCH3 is 2. The van der Waals surface area contributed by atoms with Gasteiger partial charge in [0.25, 0.3) is 11.8 Å². The first-order valence-electron chi connectivity index (χ1n) is 23.9. The lowest BCUT2D eigenvalue weighted by atomic mass is 9.47. The highest BCUT2D eigenvalue weighted by molar-refractivity contribution is 6.25. The van der Waals surface area contributed by atoms with Crippen LogP contribution in [0.1, 0.15) is 33.6 Å². The maximum Gasteiger partial charge on any atom is 0.338 e. The van der Waals surface area contributed by atoms with Gasteiger partial charge >= 0.3 is 11.9 Å². The van der Waals surface area contributed by atoms with Crippen LogP contribution in [0.3, 0.4) is 0 Å². The molecular weight excluding hydrogens is 883 g/mol. The molecule has 0 radical (unpaired) electrons. The minimum absolute atomic E-state index is 0.0915. The predicted molar refractivity (Wildman–Crippen MR) is 242 cm³/mol. The standard InChI is InChI=1S/C53H45N5O11/c1-67-50(65)52-39-28-21-29(36-35(28)46(61)56(47(36)62)18-17-54-43-24-11-3-5-15-32(24)55-33-16-6-4-12-25(33)43)40(39)53(69-52,51(66)68-2)42-31-22-30(41(42)52)37-38(31)49(64)58(48(37)63)20-19-57-44(59)26-13-7-9-23-10-8-14-27(34(23)26)45(57)60/h3-16,28-31,35-42H,17-22H2,1-2H3,(H,54,55)/t28-,29+,30+,31-,35-,36+,37+,38-,39-,40+,41+,42-,52-,53+. The Bertz CT molecular complexity index is 3090. The highest BCUT2D eigenvalue weighted by Crippen LogP contribution is 2.83. The summed E-state index contributed by atoms with van der Waals surface area (Å²) in [5.74, 6) is -12.2. The van der Waals surface area contributed by atoms with Gasteiger partial charge in [0, 0.05) is 77.1 Å². The first kappa shape index (κ1) is 40.9. The molecule has 4 aliphatic carbocycles. The van der Waals surface area contributed by atoms with Crippen molar-refractivity contribution in [1.29, 1.82) is 0 Å². The number of benzene rings is 4. The summed E-state index contributed by atoms with van der Waals surface area (Å²) in [5, 5.41) is 6.65. The Morgan fingerprint density at radius 1 is 0.580 bits per heavy atom. The molecule has 16 heteroatoms. The quantitative estimate of drug-likeness (QED) is 0.126. The summed E-state index contributed by atoms with van der Waals surface area (Å²) >= 11 is 0. The van der Waals surface area contributed by atoms with Crippen molar-refractivity contribution >= 4 is 85.6 Å². The average molecular weight is 928 g/mol. The molecule has 0 spiro atoms. The number of pyridine rings is 1. The normalized spacial score (nSPS) is 36.1. The number of hydrogen-bond acceptors (Lipinski definition) is 13. The molecule has 6 amide bonds. The van der Waals surface area contributed by atoms with Gasteiger partial charge in [-0.25, -0.2) is 14.6 Å². The molecule has 5 aromatic rings. The third-order valence-electron chi connectivity index (χ3n) is 18.5. The Hall–Kier alpha value is -7.07. The van der Waals surface area contributed by atoms with Crippen LogP contribution < -0.4 is 5.32 Å². The van der Waals surface area contributed by atoms with E-state index in [1.807, 2.05) is 60.7 Å². The number of anilines is 1. The zero-order chi connectivity index (χ0) is 47.2. The second kappa shape index (κ2) is 13.8. The lowest BCUT2D eigenvalue weighted by Crippen LogP contribution is -2.64. The smallest absolute Gasteiger partial charge is 0.338 e. The van der Waals surface area contributed by atoms with E-state index in [9.17, 15) is 38.4 Å². The number of hydrogen-bond donors (Lipinski definition) is 1. The number of nitrogens with one attached hydrogen (secondary N) is 1. The number of carbonyl (C=O) groups excluding carboxylic acids is 8. The van der Waals surface area contributed by atoms with E-state index >= 15 is 0 Å². The molecule has 14 rings (SSSR count). The molecule has 4 saturated carbocycles. The van der Waals surface area contributed by atoms with Crippen LogP contribution in [0.5, 0.6) is 0 Å². The summed E-state index contributed by atoms with van der Waals surface area (Å²) in [6.45, 7) is -0.0799. The molecule has 348 valence electrons. The van der Waals surface area contributed by atoms with Gasteiger partial charge in [-0.2, -0.15) is 0 Å². The topological polar surface area (TPSA) is 199 Å². The Balaban J connectivity index is 0.765. The van der Waals surface area contributed by atoms with Gasteiger partial charge in [-0.1, -0.05) is 60.7 Å². The van der Waals surface area contributed by atoms with Crippen LogP contribution in [-0.4, -0.2) is 119 Å². The van der Waals surface area contributed by atoms with Crippen molar-refractivity contribution in [2.75, 3.05) is 45.7 Å². The van der Waals surface area contributed by atoms with Gasteiger partial charge < -0.3 is 19.5 Å². The van der Waals surface area contributed by atoms with Gasteiger partial charge in [-0.05, 0) is 66.2 Å². The second-order valence-corrected chi connectivity index (χ2v) is 20.6. The van der Waals surface area contributed by atoms with Crippen molar-refractivity contribution in [2.24, 2.45) is 71.0 Å². The second-order valence-electron chi connectivity index (χ2n) is 20.6. The van der Waals surface area contributed by atoms with E-state index in [1.165, 1.54) is 19.1 Å². The van der Waals surface area contributed by atoms with Crippen LogP contribution in [0.2, 0.25) is 0 Å². The number of para-hydroxylation sites is 2. The van der Waals surface area contributed by atoms with Crippen molar-refractivity contribution in [1.82, 2.24) is 19.7 Å². The van der Waals surface area contributed by atoms with Crippen molar-refractivity contribution < 1.29 is 52.6 Å². The molecule has 9 aliphatic rings. The van der Waals surface area contributed by atoms with Gasteiger partial charge in [-0.3, -0.25) is 43.5 Å².